The average Bonchev–Trinajstić information content (AvgIpc) is 3.36. The Morgan fingerprint density at radius 1 is 0.972 bits per heavy atom. The number of carbonyl (C=O) groups excluding carboxylic acids is 1. The first-order valence-corrected chi connectivity index (χ1v) is 13.0. The zero-order valence-electron chi connectivity index (χ0n) is 20.8. The van der Waals surface area contributed by atoms with E-state index in [2.05, 4.69) is 16.5 Å². The second-order valence-electron chi connectivity index (χ2n) is 9.02. The Labute approximate surface area is 215 Å². The fourth-order valence-electron chi connectivity index (χ4n) is 4.44. The molecule has 1 atom stereocenters. The van der Waals surface area contributed by atoms with Crippen molar-refractivity contribution in [3.63, 3.8) is 0 Å². The lowest BCUT2D eigenvalue weighted by atomic mass is 9.94. The second-order valence-corrected chi connectivity index (χ2v) is 9.90. The molecule has 6 nitrogen and oxygen atoms in total. The van der Waals surface area contributed by atoms with Crippen molar-refractivity contribution in [3.8, 4) is 11.4 Å². The van der Waals surface area contributed by atoms with E-state index in [1.807, 2.05) is 93.8 Å². The maximum Gasteiger partial charge on any atom is 0.322 e. The number of amides is 2. The fourth-order valence-corrected chi connectivity index (χ4v) is 4.85. The molecular formula is C29H28N4O2S. The quantitative estimate of drug-likeness (QED) is 0.298. The summed E-state index contributed by atoms with van der Waals surface area (Å²) in [5.41, 5.74) is 6.78. The lowest BCUT2D eigenvalue weighted by Crippen LogP contribution is -2.45. The van der Waals surface area contributed by atoms with Crippen LogP contribution < -0.4 is 5.32 Å². The molecule has 0 aliphatic carbocycles. The van der Waals surface area contributed by atoms with Gasteiger partial charge in [0.2, 0.25) is 5.82 Å². The topological polar surface area (TPSA) is 71.3 Å². The monoisotopic (exact) mass is 496 g/mol. The molecule has 1 aliphatic rings. The first-order valence-electron chi connectivity index (χ1n) is 11.8. The Balaban J connectivity index is 1.58. The number of nitrogens with zero attached hydrogens (tertiary/aromatic N) is 3. The highest BCUT2D eigenvalue weighted by Crippen LogP contribution is 2.38. The van der Waals surface area contributed by atoms with E-state index in [9.17, 15) is 4.79 Å². The molecule has 0 fully saturated rings. The van der Waals surface area contributed by atoms with Crippen LogP contribution in [0.3, 0.4) is 0 Å². The minimum atomic E-state index is -0.404. The summed E-state index contributed by atoms with van der Waals surface area (Å²) in [5, 5.41) is 7.45. The van der Waals surface area contributed by atoms with E-state index in [0.717, 1.165) is 39.1 Å². The molecule has 4 aromatic rings. The molecule has 1 aromatic heterocycles. The minimum absolute atomic E-state index is 0.157. The number of allylic oxidation sites excluding steroid dienone is 1. The number of benzene rings is 3. The predicted molar refractivity (Wildman–Crippen MR) is 143 cm³/mol. The summed E-state index contributed by atoms with van der Waals surface area (Å²) in [6, 6.07) is 23.8. The van der Waals surface area contributed by atoms with Gasteiger partial charge in [0.1, 0.15) is 0 Å². The fraction of sp³-hybridized carbons (Fsp3) is 0.207. The van der Waals surface area contributed by atoms with Crippen LogP contribution in [0.25, 0.3) is 17.0 Å². The molecule has 2 heterocycles. The Kier molecular flexibility index (Phi) is 6.65. The largest absolute Gasteiger partial charge is 0.334 e. The summed E-state index contributed by atoms with van der Waals surface area (Å²) in [7, 11) is 0. The molecular weight excluding hydrogens is 468 g/mol. The number of aromatic nitrogens is 2. The summed E-state index contributed by atoms with van der Waals surface area (Å²) in [6.45, 7) is 6.48. The highest BCUT2D eigenvalue weighted by molar-refractivity contribution is 7.98. The van der Waals surface area contributed by atoms with Crippen LogP contribution >= 0.6 is 11.8 Å². The van der Waals surface area contributed by atoms with Crippen LogP contribution in [-0.4, -0.2) is 27.3 Å². The van der Waals surface area contributed by atoms with Crippen molar-refractivity contribution in [2.24, 2.45) is 0 Å². The number of hydrogen-bond acceptors (Lipinski definition) is 5. The number of aryl methyl sites for hydroxylation is 2. The van der Waals surface area contributed by atoms with E-state index in [1.54, 1.807) is 16.7 Å². The molecule has 2 amide bonds. The third kappa shape index (κ3) is 4.79. The van der Waals surface area contributed by atoms with Crippen LogP contribution in [0.2, 0.25) is 0 Å². The van der Waals surface area contributed by atoms with Gasteiger partial charge in [-0.3, -0.25) is 4.90 Å². The van der Waals surface area contributed by atoms with Crippen LogP contribution in [0.15, 0.2) is 87.9 Å². The number of nitrogens with one attached hydrogen (secondary N) is 1. The smallest absolute Gasteiger partial charge is 0.322 e. The molecule has 0 spiro atoms. The molecule has 1 N–H and O–H groups in total. The molecule has 0 bridgehead atoms. The Bertz CT molecular complexity index is 1420. The number of hydrogen-bond donors (Lipinski definition) is 1. The maximum atomic E-state index is 13.3. The van der Waals surface area contributed by atoms with Crippen LogP contribution in [0.1, 0.15) is 41.1 Å². The van der Waals surface area contributed by atoms with Crippen molar-refractivity contribution in [1.29, 1.82) is 0 Å². The first kappa shape index (κ1) is 23.9. The lowest BCUT2D eigenvalue weighted by Gasteiger charge is -2.35. The highest BCUT2D eigenvalue weighted by atomic mass is 32.2. The van der Waals surface area contributed by atoms with Gasteiger partial charge in [-0.1, -0.05) is 64.8 Å². The molecule has 1 unspecified atom stereocenters. The van der Waals surface area contributed by atoms with E-state index in [-0.39, 0.29) is 6.03 Å². The molecule has 0 radical (unpaired) electrons. The van der Waals surface area contributed by atoms with Gasteiger partial charge in [0.25, 0.3) is 5.89 Å². The third-order valence-corrected chi connectivity index (χ3v) is 7.18. The van der Waals surface area contributed by atoms with Crippen molar-refractivity contribution in [1.82, 2.24) is 20.4 Å². The van der Waals surface area contributed by atoms with Gasteiger partial charge in [-0.15, -0.1) is 11.8 Å². The molecule has 0 saturated carbocycles. The van der Waals surface area contributed by atoms with E-state index < -0.39 is 6.04 Å². The van der Waals surface area contributed by atoms with Gasteiger partial charge < -0.3 is 9.84 Å². The van der Waals surface area contributed by atoms with Crippen molar-refractivity contribution in [2.75, 3.05) is 6.26 Å². The molecule has 1 aliphatic heterocycles. The molecule has 182 valence electrons. The third-order valence-electron chi connectivity index (χ3n) is 6.43. The van der Waals surface area contributed by atoms with Crippen LogP contribution in [0, 0.1) is 13.8 Å². The Morgan fingerprint density at radius 3 is 2.42 bits per heavy atom. The summed E-state index contributed by atoms with van der Waals surface area (Å²) in [6.07, 6.45) is 2.04. The predicted octanol–water partition coefficient (Wildman–Crippen LogP) is 6.77. The van der Waals surface area contributed by atoms with E-state index in [1.165, 1.54) is 4.90 Å². The van der Waals surface area contributed by atoms with E-state index >= 15 is 0 Å². The Hall–Kier alpha value is -3.84. The maximum absolute atomic E-state index is 13.3. The molecule has 5 rings (SSSR count). The van der Waals surface area contributed by atoms with Crippen LogP contribution in [0.4, 0.5) is 4.79 Å². The summed E-state index contributed by atoms with van der Waals surface area (Å²) in [4.78, 5) is 21.0. The molecule has 7 heteroatoms. The van der Waals surface area contributed by atoms with Crippen LogP contribution in [-0.2, 0) is 6.54 Å². The highest BCUT2D eigenvalue weighted by Gasteiger charge is 2.35. The molecule has 3 aromatic carbocycles. The van der Waals surface area contributed by atoms with Gasteiger partial charge in [0, 0.05) is 16.2 Å². The second kappa shape index (κ2) is 10.0. The van der Waals surface area contributed by atoms with Crippen molar-refractivity contribution in [2.45, 2.75) is 38.3 Å². The van der Waals surface area contributed by atoms with Gasteiger partial charge in [-0.2, -0.15) is 4.98 Å². The number of carbonyl (C=O) groups is 1. The van der Waals surface area contributed by atoms with Gasteiger partial charge in [0.05, 0.1) is 18.2 Å². The average molecular weight is 497 g/mol. The van der Waals surface area contributed by atoms with E-state index in [4.69, 9.17) is 9.51 Å². The Morgan fingerprint density at radius 2 is 1.72 bits per heavy atom. The van der Waals surface area contributed by atoms with Gasteiger partial charge in [0.15, 0.2) is 0 Å². The minimum Gasteiger partial charge on any atom is -0.334 e. The van der Waals surface area contributed by atoms with Gasteiger partial charge >= 0.3 is 6.03 Å². The first-order chi connectivity index (χ1) is 17.4. The SMILES string of the molecule is CSc1ccc(-c2noc(C3=C(C)N(Cc4cccc(C)c4)C(=O)NC3c3ccc(C)cc3)n2)cc1. The lowest BCUT2D eigenvalue weighted by molar-refractivity contribution is 0.203. The van der Waals surface area contributed by atoms with E-state index in [0.29, 0.717) is 18.3 Å². The normalized spacial score (nSPS) is 15.8. The number of rotatable bonds is 6. The molecule has 0 saturated heterocycles. The van der Waals surface area contributed by atoms with Crippen molar-refractivity contribution in [3.05, 3.63) is 107 Å². The van der Waals surface area contributed by atoms with Gasteiger partial charge in [-0.25, -0.2) is 4.79 Å². The number of urea groups is 1. The summed E-state index contributed by atoms with van der Waals surface area (Å²) >= 11 is 1.68. The van der Waals surface area contributed by atoms with Crippen LogP contribution in [0.5, 0.6) is 0 Å². The van der Waals surface area contributed by atoms with Crippen molar-refractivity contribution >= 4 is 23.4 Å². The summed E-state index contributed by atoms with van der Waals surface area (Å²) in [5.74, 6) is 0.916. The number of thioether (sulfide) groups is 1. The summed E-state index contributed by atoms with van der Waals surface area (Å²) < 4.78 is 5.81. The van der Waals surface area contributed by atoms with Gasteiger partial charge in [-0.05, 0) is 62.4 Å². The van der Waals surface area contributed by atoms with Crippen molar-refractivity contribution < 1.29 is 9.32 Å². The zero-order valence-corrected chi connectivity index (χ0v) is 21.6. The zero-order chi connectivity index (χ0) is 25.2. The standard InChI is InChI=1S/C29H28N4O2S/c1-18-8-10-22(11-9-18)26-25(28-31-27(32-35-28)23-12-14-24(36-4)15-13-23)20(3)33(29(34)30-26)17-21-7-5-6-19(2)16-21/h5-16,26H,17H2,1-4H3,(H,30,34). The molecule has 36 heavy (non-hydrogen) atoms.